The van der Waals surface area contributed by atoms with E-state index in [0.29, 0.717) is 0 Å². The molecule has 0 aliphatic carbocycles. The van der Waals surface area contributed by atoms with E-state index in [1.54, 1.807) is 0 Å². The highest BCUT2D eigenvalue weighted by Crippen LogP contribution is 2.21. The van der Waals surface area contributed by atoms with E-state index in [0.717, 1.165) is 12.2 Å². The molecule has 0 spiro atoms. The molecule has 0 radical (unpaired) electrons. The SMILES string of the molecule is CNCc1ncn(C)c1-c1cc[nH]c1. The number of hydrogen-bond acceptors (Lipinski definition) is 2. The van der Waals surface area contributed by atoms with Gasteiger partial charge in [0, 0.05) is 31.5 Å². The molecule has 0 aromatic carbocycles. The first kappa shape index (κ1) is 9.02. The van der Waals surface area contributed by atoms with Gasteiger partial charge in [-0.25, -0.2) is 4.98 Å². The third-order valence-corrected chi connectivity index (χ3v) is 2.23. The molecular weight excluding hydrogens is 176 g/mol. The number of aromatic amines is 1. The zero-order chi connectivity index (χ0) is 9.97. The van der Waals surface area contributed by atoms with Crippen molar-refractivity contribution in [1.82, 2.24) is 19.9 Å². The van der Waals surface area contributed by atoms with Gasteiger partial charge in [0.15, 0.2) is 0 Å². The first-order valence-corrected chi connectivity index (χ1v) is 4.61. The lowest BCUT2D eigenvalue weighted by molar-refractivity contribution is 0.797. The minimum Gasteiger partial charge on any atom is -0.367 e. The average molecular weight is 190 g/mol. The molecule has 0 unspecified atom stereocenters. The van der Waals surface area contributed by atoms with Crippen LogP contribution in [-0.4, -0.2) is 21.6 Å². The van der Waals surface area contributed by atoms with Gasteiger partial charge in [-0.2, -0.15) is 0 Å². The van der Waals surface area contributed by atoms with Gasteiger partial charge >= 0.3 is 0 Å². The topological polar surface area (TPSA) is 45.6 Å². The van der Waals surface area contributed by atoms with E-state index in [-0.39, 0.29) is 0 Å². The van der Waals surface area contributed by atoms with Crippen LogP contribution in [0.25, 0.3) is 11.3 Å². The van der Waals surface area contributed by atoms with Crippen LogP contribution in [0.3, 0.4) is 0 Å². The number of nitrogens with zero attached hydrogens (tertiary/aromatic N) is 2. The van der Waals surface area contributed by atoms with Crippen molar-refractivity contribution in [3.63, 3.8) is 0 Å². The van der Waals surface area contributed by atoms with Crippen LogP contribution in [-0.2, 0) is 13.6 Å². The van der Waals surface area contributed by atoms with Crippen molar-refractivity contribution in [2.45, 2.75) is 6.54 Å². The van der Waals surface area contributed by atoms with Gasteiger partial charge in [0.25, 0.3) is 0 Å². The summed E-state index contributed by atoms with van der Waals surface area (Å²) >= 11 is 0. The lowest BCUT2D eigenvalue weighted by Gasteiger charge is -2.02. The normalized spacial score (nSPS) is 10.7. The summed E-state index contributed by atoms with van der Waals surface area (Å²) in [5.74, 6) is 0. The van der Waals surface area contributed by atoms with Crippen LogP contribution in [0.2, 0.25) is 0 Å². The summed E-state index contributed by atoms with van der Waals surface area (Å²) in [6.07, 6.45) is 5.75. The maximum atomic E-state index is 4.35. The van der Waals surface area contributed by atoms with Gasteiger partial charge in [-0.1, -0.05) is 0 Å². The molecule has 2 aromatic rings. The van der Waals surface area contributed by atoms with Gasteiger partial charge < -0.3 is 14.9 Å². The predicted octanol–water partition coefficient (Wildman–Crippen LogP) is 1.13. The first-order chi connectivity index (χ1) is 6.83. The molecule has 74 valence electrons. The van der Waals surface area contributed by atoms with E-state index in [2.05, 4.69) is 21.4 Å². The van der Waals surface area contributed by atoms with Crippen molar-refractivity contribution in [1.29, 1.82) is 0 Å². The molecule has 2 aromatic heterocycles. The molecule has 4 nitrogen and oxygen atoms in total. The quantitative estimate of drug-likeness (QED) is 0.762. The molecule has 2 N–H and O–H groups in total. The maximum Gasteiger partial charge on any atom is 0.0952 e. The third kappa shape index (κ3) is 1.44. The number of aryl methyl sites for hydroxylation is 1. The van der Waals surface area contributed by atoms with E-state index >= 15 is 0 Å². The summed E-state index contributed by atoms with van der Waals surface area (Å²) in [5.41, 5.74) is 3.42. The Hall–Kier alpha value is -1.55. The van der Waals surface area contributed by atoms with Gasteiger partial charge in [-0.15, -0.1) is 0 Å². The Bertz CT molecular complexity index is 400. The second-order valence-electron chi connectivity index (χ2n) is 3.28. The van der Waals surface area contributed by atoms with E-state index in [1.165, 1.54) is 11.3 Å². The Morgan fingerprint density at radius 1 is 1.57 bits per heavy atom. The van der Waals surface area contributed by atoms with Crippen molar-refractivity contribution >= 4 is 0 Å². The zero-order valence-corrected chi connectivity index (χ0v) is 8.41. The fourth-order valence-corrected chi connectivity index (χ4v) is 1.62. The summed E-state index contributed by atoms with van der Waals surface area (Å²) < 4.78 is 2.04. The third-order valence-electron chi connectivity index (χ3n) is 2.23. The molecule has 2 rings (SSSR count). The van der Waals surface area contributed by atoms with Crippen LogP contribution in [0.15, 0.2) is 24.8 Å². The van der Waals surface area contributed by atoms with Crippen LogP contribution in [0.5, 0.6) is 0 Å². The molecule has 0 bridgehead atoms. The molecule has 14 heavy (non-hydrogen) atoms. The monoisotopic (exact) mass is 190 g/mol. The van der Waals surface area contributed by atoms with Gasteiger partial charge in [0.2, 0.25) is 0 Å². The predicted molar refractivity (Wildman–Crippen MR) is 55.8 cm³/mol. The highest BCUT2D eigenvalue weighted by atomic mass is 15.0. The Labute approximate surface area is 83.0 Å². The molecular formula is C10H14N4. The second-order valence-corrected chi connectivity index (χ2v) is 3.28. The summed E-state index contributed by atoms with van der Waals surface area (Å²) in [4.78, 5) is 7.40. The lowest BCUT2D eigenvalue weighted by Crippen LogP contribution is -2.07. The summed E-state index contributed by atoms with van der Waals surface area (Å²) in [7, 11) is 3.93. The molecule has 4 heteroatoms. The number of imidazole rings is 1. The number of rotatable bonds is 3. The van der Waals surface area contributed by atoms with Gasteiger partial charge in [0.1, 0.15) is 0 Å². The smallest absolute Gasteiger partial charge is 0.0952 e. The van der Waals surface area contributed by atoms with Crippen molar-refractivity contribution < 1.29 is 0 Å². The largest absolute Gasteiger partial charge is 0.367 e. The number of hydrogen-bond donors (Lipinski definition) is 2. The number of nitrogens with one attached hydrogen (secondary N) is 2. The summed E-state index contributed by atoms with van der Waals surface area (Å²) in [5, 5.41) is 3.11. The fraction of sp³-hybridized carbons (Fsp3) is 0.300. The fourth-order valence-electron chi connectivity index (χ4n) is 1.62. The van der Waals surface area contributed by atoms with Crippen molar-refractivity contribution in [2.75, 3.05) is 7.05 Å². The average Bonchev–Trinajstić information content (AvgIpc) is 2.76. The number of H-pyrrole nitrogens is 1. The highest BCUT2D eigenvalue weighted by Gasteiger charge is 2.09. The van der Waals surface area contributed by atoms with E-state index in [1.807, 2.05) is 37.4 Å². The second kappa shape index (κ2) is 3.67. The molecule has 2 heterocycles. The molecule has 0 aliphatic heterocycles. The Kier molecular flexibility index (Phi) is 2.37. The lowest BCUT2D eigenvalue weighted by atomic mass is 10.2. The van der Waals surface area contributed by atoms with Gasteiger partial charge in [-0.05, 0) is 13.1 Å². The van der Waals surface area contributed by atoms with Crippen LogP contribution in [0.4, 0.5) is 0 Å². The maximum absolute atomic E-state index is 4.35. The first-order valence-electron chi connectivity index (χ1n) is 4.61. The minimum absolute atomic E-state index is 0.793. The molecule has 0 fully saturated rings. The molecule has 0 amide bonds. The molecule has 0 atom stereocenters. The highest BCUT2D eigenvalue weighted by molar-refractivity contribution is 5.61. The van der Waals surface area contributed by atoms with Gasteiger partial charge in [-0.3, -0.25) is 0 Å². The van der Waals surface area contributed by atoms with E-state index < -0.39 is 0 Å². The summed E-state index contributed by atoms with van der Waals surface area (Å²) in [6.45, 7) is 0.793. The van der Waals surface area contributed by atoms with Crippen LogP contribution in [0.1, 0.15) is 5.69 Å². The molecule has 0 saturated heterocycles. The Morgan fingerprint density at radius 2 is 2.43 bits per heavy atom. The van der Waals surface area contributed by atoms with Crippen LogP contribution >= 0.6 is 0 Å². The molecule has 0 aliphatic rings. The van der Waals surface area contributed by atoms with Crippen molar-refractivity contribution in [3.8, 4) is 11.3 Å². The van der Waals surface area contributed by atoms with E-state index in [9.17, 15) is 0 Å². The Morgan fingerprint density at radius 3 is 3.07 bits per heavy atom. The van der Waals surface area contributed by atoms with Crippen molar-refractivity contribution in [2.24, 2.45) is 7.05 Å². The van der Waals surface area contributed by atoms with Crippen LogP contribution < -0.4 is 5.32 Å². The van der Waals surface area contributed by atoms with Crippen molar-refractivity contribution in [3.05, 3.63) is 30.5 Å². The zero-order valence-electron chi connectivity index (χ0n) is 8.41. The molecule has 0 saturated carbocycles. The Balaban J connectivity index is 2.45. The minimum atomic E-state index is 0.793. The summed E-state index contributed by atoms with van der Waals surface area (Å²) in [6, 6.07) is 2.05. The van der Waals surface area contributed by atoms with Crippen LogP contribution in [0, 0.1) is 0 Å². The standard InChI is InChI=1S/C10H14N4/c1-11-6-9-10(14(2)7-13-9)8-3-4-12-5-8/h3-5,7,11-12H,6H2,1-2H3. The van der Waals surface area contributed by atoms with E-state index in [4.69, 9.17) is 0 Å². The van der Waals surface area contributed by atoms with Gasteiger partial charge in [0.05, 0.1) is 17.7 Å². The number of aromatic nitrogens is 3.